The van der Waals surface area contributed by atoms with Gasteiger partial charge in [0.25, 0.3) is 11.8 Å². The second-order valence-electron chi connectivity index (χ2n) is 5.85. The number of furan rings is 1. The Hall–Kier alpha value is -4.20. The first kappa shape index (κ1) is 17.2. The summed E-state index contributed by atoms with van der Waals surface area (Å²) in [5.41, 5.74) is 2.53. The van der Waals surface area contributed by atoms with E-state index in [1.54, 1.807) is 59.5 Å². The van der Waals surface area contributed by atoms with Gasteiger partial charge in [0.1, 0.15) is 12.7 Å². The van der Waals surface area contributed by atoms with Crippen molar-refractivity contribution in [3.05, 3.63) is 90.9 Å². The molecule has 0 unspecified atom stereocenters. The summed E-state index contributed by atoms with van der Waals surface area (Å²) in [6.07, 6.45) is 4.48. The lowest BCUT2D eigenvalue weighted by molar-refractivity contribution is 0.0995. The third-order valence-corrected chi connectivity index (χ3v) is 3.96. The fraction of sp³-hybridized carbons (Fsp3) is 0. The summed E-state index contributed by atoms with van der Waals surface area (Å²) in [6, 6.07) is 17.0. The SMILES string of the molecule is O=C(Nc1ccc(-n2cncn2)cc1)c1ccc(NC(=O)c2ccco2)cc1. The maximum atomic E-state index is 12.4. The normalized spacial score (nSPS) is 10.4. The van der Waals surface area contributed by atoms with Crippen LogP contribution in [0.3, 0.4) is 0 Å². The van der Waals surface area contributed by atoms with E-state index in [0.29, 0.717) is 16.9 Å². The van der Waals surface area contributed by atoms with E-state index < -0.39 is 0 Å². The fourth-order valence-corrected chi connectivity index (χ4v) is 2.55. The molecular weight excluding hydrogens is 358 g/mol. The number of rotatable bonds is 5. The van der Waals surface area contributed by atoms with Gasteiger partial charge in [-0.2, -0.15) is 5.10 Å². The third-order valence-electron chi connectivity index (χ3n) is 3.96. The largest absolute Gasteiger partial charge is 0.459 e. The Morgan fingerprint density at radius 3 is 2.14 bits per heavy atom. The molecule has 0 aliphatic heterocycles. The van der Waals surface area contributed by atoms with Gasteiger partial charge in [-0.3, -0.25) is 9.59 Å². The molecule has 4 aromatic rings. The van der Waals surface area contributed by atoms with Crippen molar-refractivity contribution in [2.45, 2.75) is 0 Å². The molecule has 138 valence electrons. The van der Waals surface area contributed by atoms with Gasteiger partial charge in [-0.05, 0) is 60.7 Å². The minimum Gasteiger partial charge on any atom is -0.459 e. The molecule has 0 spiro atoms. The van der Waals surface area contributed by atoms with Crippen molar-refractivity contribution in [2.24, 2.45) is 0 Å². The third kappa shape index (κ3) is 3.80. The van der Waals surface area contributed by atoms with Gasteiger partial charge < -0.3 is 15.1 Å². The number of benzene rings is 2. The van der Waals surface area contributed by atoms with E-state index in [2.05, 4.69) is 20.7 Å². The molecule has 0 aliphatic carbocycles. The standard InChI is InChI=1S/C20H15N5O3/c26-19(23-16-7-9-17(10-8-16)25-13-21-12-22-25)14-3-5-15(6-4-14)24-20(27)18-2-1-11-28-18/h1-13H,(H,23,26)(H,24,27). The molecule has 0 saturated heterocycles. The molecule has 0 radical (unpaired) electrons. The van der Waals surface area contributed by atoms with Crippen LogP contribution in [0.25, 0.3) is 5.69 Å². The molecule has 2 amide bonds. The highest BCUT2D eigenvalue weighted by Gasteiger charge is 2.10. The molecule has 8 heteroatoms. The summed E-state index contributed by atoms with van der Waals surface area (Å²) in [5, 5.41) is 9.58. The lowest BCUT2D eigenvalue weighted by Crippen LogP contribution is -2.13. The van der Waals surface area contributed by atoms with Gasteiger partial charge in [0.2, 0.25) is 0 Å². The Balaban J connectivity index is 1.39. The van der Waals surface area contributed by atoms with E-state index in [9.17, 15) is 9.59 Å². The molecule has 28 heavy (non-hydrogen) atoms. The van der Waals surface area contributed by atoms with Crippen LogP contribution in [0.1, 0.15) is 20.9 Å². The molecule has 0 atom stereocenters. The Labute approximate surface area is 159 Å². The zero-order valence-electron chi connectivity index (χ0n) is 14.6. The van der Waals surface area contributed by atoms with Crippen LogP contribution in [0.5, 0.6) is 0 Å². The zero-order chi connectivity index (χ0) is 19.3. The summed E-state index contributed by atoms with van der Waals surface area (Å²) >= 11 is 0. The molecule has 0 fully saturated rings. The number of anilines is 2. The number of hydrogen-bond acceptors (Lipinski definition) is 5. The van der Waals surface area contributed by atoms with Gasteiger partial charge in [-0.1, -0.05) is 0 Å². The van der Waals surface area contributed by atoms with E-state index in [1.165, 1.54) is 12.6 Å². The minimum absolute atomic E-state index is 0.219. The van der Waals surface area contributed by atoms with Crippen molar-refractivity contribution in [2.75, 3.05) is 10.6 Å². The first-order valence-corrected chi connectivity index (χ1v) is 8.40. The molecule has 0 aliphatic rings. The number of nitrogens with zero attached hydrogens (tertiary/aromatic N) is 3. The number of hydrogen-bond donors (Lipinski definition) is 2. The van der Waals surface area contributed by atoms with Gasteiger partial charge >= 0.3 is 0 Å². The van der Waals surface area contributed by atoms with E-state index in [-0.39, 0.29) is 17.6 Å². The second-order valence-corrected chi connectivity index (χ2v) is 5.85. The maximum absolute atomic E-state index is 12.4. The number of nitrogens with one attached hydrogen (secondary N) is 2. The Bertz CT molecular complexity index is 1070. The van der Waals surface area contributed by atoms with Crippen molar-refractivity contribution in [3.63, 3.8) is 0 Å². The van der Waals surface area contributed by atoms with E-state index >= 15 is 0 Å². The maximum Gasteiger partial charge on any atom is 0.291 e. The number of aromatic nitrogens is 3. The summed E-state index contributed by atoms with van der Waals surface area (Å²) < 4.78 is 6.67. The van der Waals surface area contributed by atoms with Gasteiger partial charge in [0.15, 0.2) is 5.76 Å². The summed E-state index contributed by atoms with van der Waals surface area (Å²) in [4.78, 5) is 28.3. The molecule has 2 aromatic carbocycles. The number of amides is 2. The van der Waals surface area contributed by atoms with Crippen molar-refractivity contribution in [1.82, 2.24) is 14.8 Å². The Morgan fingerprint density at radius 2 is 1.54 bits per heavy atom. The number of carbonyl (C=O) groups is 2. The van der Waals surface area contributed by atoms with Crippen LogP contribution in [0.2, 0.25) is 0 Å². The van der Waals surface area contributed by atoms with Crippen LogP contribution in [0, 0.1) is 0 Å². The van der Waals surface area contributed by atoms with Crippen LogP contribution in [0.15, 0.2) is 84.0 Å². The lowest BCUT2D eigenvalue weighted by Gasteiger charge is -2.08. The quantitative estimate of drug-likeness (QED) is 0.558. The highest BCUT2D eigenvalue weighted by Crippen LogP contribution is 2.16. The Morgan fingerprint density at radius 1 is 0.857 bits per heavy atom. The van der Waals surface area contributed by atoms with Crippen molar-refractivity contribution < 1.29 is 14.0 Å². The van der Waals surface area contributed by atoms with Crippen LogP contribution in [0.4, 0.5) is 11.4 Å². The smallest absolute Gasteiger partial charge is 0.291 e. The van der Waals surface area contributed by atoms with Crippen LogP contribution >= 0.6 is 0 Å². The summed E-state index contributed by atoms with van der Waals surface area (Å²) in [5.74, 6) is -0.386. The van der Waals surface area contributed by atoms with E-state index in [1.807, 2.05) is 12.1 Å². The molecule has 2 aromatic heterocycles. The molecule has 2 heterocycles. The van der Waals surface area contributed by atoms with Crippen LogP contribution in [-0.2, 0) is 0 Å². The first-order chi connectivity index (χ1) is 13.7. The monoisotopic (exact) mass is 373 g/mol. The average molecular weight is 373 g/mol. The highest BCUT2D eigenvalue weighted by atomic mass is 16.3. The van der Waals surface area contributed by atoms with E-state index in [4.69, 9.17) is 4.42 Å². The molecule has 0 bridgehead atoms. The predicted molar refractivity (Wildman–Crippen MR) is 102 cm³/mol. The molecule has 0 saturated carbocycles. The molecular formula is C20H15N5O3. The molecule has 4 rings (SSSR count). The van der Waals surface area contributed by atoms with Crippen LogP contribution in [-0.4, -0.2) is 26.6 Å². The van der Waals surface area contributed by atoms with Gasteiger partial charge in [-0.25, -0.2) is 9.67 Å². The highest BCUT2D eigenvalue weighted by molar-refractivity contribution is 6.05. The van der Waals surface area contributed by atoms with Gasteiger partial charge in [0.05, 0.1) is 12.0 Å². The lowest BCUT2D eigenvalue weighted by atomic mass is 10.2. The van der Waals surface area contributed by atoms with Crippen molar-refractivity contribution in [3.8, 4) is 5.69 Å². The zero-order valence-corrected chi connectivity index (χ0v) is 14.6. The molecule has 8 nitrogen and oxygen atoms in total. The second kappa shape index (κ2) is 7.58. The Kier molecular flexibility index (Phi) is 4.67. The first-order valence-electron chi connectivity index (χ1n) is 8.40. The van der Waals surface area contributed by atoms with Crippen molar-refractivity contribution in [1.29, 1.82) is 0 Å². The van der Waals surface area contributed by atoms with Crippen molar-refractivity contribution >= 4 is 23.2 Å². The van der Waals surface area contributed by atoms with Gasteiger partial charge in [0, 0.05) is 16.9 Å². The minimum atomic E-state index is -0.352. The van der Waals surface area contributed by atoms with Crippen LogP contribution < -0.4 is 10.6 Å². The summed E-state index contributed by atoms with van der Waals surface area (Å²) in [6.45, 7) is 0. The molecule has 2 N–H and O–H groups in total. The topological polar surface area (TPSA) is 102 Å². The number of carbonyl (C=O) groups excluding carboxylic acids is 2. The van der Waals surface area contributed by atoms with Gasteiger partial charge in [-0.15, -0.1) is 0 Å². The van der Waals surface area contributed by atoms with E-state index in [0.717, 1.165) is 5.69 Å². The average Bonchev–Trinajstić information content (AvgIpc) is 3.43. The summed E-state index contributed by atoms with van der Waals surface area (Å²) in [7, 11) is 0. The fourth-order valence-electron chi connectivity index (χ4n) is 2.55. The predicted octanol–water partition coefficient (Wildman–Crippen LogP) is 3.36.